The SMILES string of the molecule is Cc1cccc2nc(N)nc(C)c12.N. The van der Waals surface area contributed by atoms with Crippen molar-refractivity contribution < 1.29 is 0 Å². The molecule has 0 aliphatic carbocycles. The van der Waals surface area contributed by atoms with E-state index >= 15 is 0 Å². The highest BCUT2D eigenvalue weighted by Crippen LogP contribution is 2.19. The maximum atomic E-state index is 5.55. The first-order valence-corrected chi connectivity index (χ1v) is 4.18. The number of aromatic nitrogens is 2. The predicted octanol–water partition coefficient (Wildman–Crippen LogP) is 1.99. The third-order valence-electron chi connectivity index (χ3n) is 2.13. The lowest BCUT2D eigenvalue weighted by molar-refractivity contribution is 1.16. The van der Waals surface area contributed by atoms with Crippen molar-refractivity contribution in [2.45, 2.75) is 13.8 Å². The summed E-state index contributed by atoms with van der Waals surface area (Å²) < 4.78 is 0. The van der Waals surface area contributed by atoms with Crippen LogP contribution < -0.4 is 11.9 Å². The second kappa shape index (κ2) is 3.59. The van der Waals surface area contributed by atoms with Crippen molar-refractivity contribution in [1.82, 2.24) is 16.1 Å². The molecule has 0 unspecified atom stereocenters. The molecule has 74 valence electrons. The number of hydrogen-bond acceptors (Lipinski definition) is 4. The van der Waals surface area contributed by atoms with E-state index in [2.05, 4.69) is 23.0 Å². The molecule has 5 N–H and O–H groups in total. The van der Waals surface area contributed by atoms with E-state index in [0.717, 1.165) is 16.6 Å². The van der Waals surface area contributed by atoms with Crippen molar-refractivity contribution in [1.29, 1.82) is 0 Å². The van der Waals surface area contributed by atoms with Gasteiger partial charge >= 0.3 is 0 Å². The van der Waals surface area contributed by atoms with E-state index in [-0.39, 0.29) is 6.15 Å². The topological polar surface area (TPSA) is 86.8 Å². The molecule has 14 heavy (non-hydrogen) atoms. The maximum absolute atomic E-state index is 5.55. The van der Waals surface area contributed by atoms with Crippen LogP contribution in [0.1, 0.15) is 11.3 Å². The molecule has 1 heterocycles. The molecule has 0 atom stereocenters. The summed E-state index contributed by atoms with van der Waals surface area (Å²) in [6.45, 7) is 4.00. The molecule has 2 aromatic rings. The Morgan fingerprint density at radius 3 is 2.57 bits per heavy atom. The van der Waals surface area contributed by atoms with Gasteiger partial charge in [-0.3, -0.25) is 0 Å². The normalized spacial score (nSPS) is 9.86. The Morgan fingerprint density at radius 1 is 1.14 bits per heavy atom. The Morgan fingerprint density at radius 2 is 1.86 bits per heavy atom. The Balaban J connectivity index is 0.000000980. The molecule has 4 nitrogen and oxygen atoms in total. The van der Waals surface area contributed by atoms with E-state index in [1.165, 1.54) is 5.56 Å². The Labute approximate surface area is 82.8 Å². The number of fused-ring (bicyclic) bond motifs is 1. The van der Waals surface area contributed by atoms with Crippen molar-refractivity contribution in [2.24, 2.45) is 0 Å². The molecular weight excluding hydrogens is 176 g/mol. The summed E-state index contributed by atoms with van der Waals surface area (Å²) in [5.74, 6) is 0.343. The van der Waals surface area contributed by atoms with Gasteiger partial charge in [-0.1, -0.05) is 12.1 Å². The number of nitrogens with zero attached hydrogens (tertiary/aromatic N) is 2. The number of hydrogen-bond donors (Lipinski definition) is 2. The Hall–Kier alpha value is -1.68. The highest BCUT2D eigenvalue weighted by molar-refractivity contribution is 5.84. The third-order valence-corrected chi connectivity index (χ3v) is 2.13. The fourth-order valence-corrected chi connectivity index (χ4v) is 1.59. The highest BCUT2D eigenvalue weighted by atomic mass is 15.0. The van der Waals surface area contributed by atoms with Gasteiger partial charge in [0.15, 0.2) is 0 Å². The van der Waals surface area contributed by atoms with Crippen molar-refractivity contribution in [2.75, 3.05) is 5.73 Å². The summed E-state index contributed by atoms with van der Waals surface area (Å²) in [5, 5.41) is 1.11. The monoisotopic (exact) mass is 190 g/mol. The standard InChI is InChI=1S/C10H11N3.H3N/c1-6-4-3-5-8-9(6)7(2)12-10(11)13-8;/h3-5H,1-2H3,(H2,11,12,13);1H3. The first kappa shape index (κ1) is 10.4. The molecule has 0 spiro atoms. The summed E-state index contributed by atoms with van der Waals surface area (Å²) in [4.78, 5) is 8.29. The molecule has 0 saturated heterocycles. The van der Waals surface area contributed by atoms with Crippen LogP contribution in [0, 0.1) is 13.8 Å². The number of anilines is 1. The van der Waals surface area contributed by atoms with E-state index in [9.17, 15) is 0 Å². The van der Waals surface area contributed by atoms with Crippen LogP contribution in [0.4, 0.5) is 5.95 Å². The van der Waals surface area contributed by atoms with Gasteiger partial charge in [-0.15, -0.1) is 0 Å². The lowest BCUT2D eigenvalue weighted by Crippen LogP contribution is -1.98. The first-order chi connectivity index (χ1) is 6.18. The average molecular weight is 190 g/mol. The molecule has 0 amide bonds. The van der Waals surface area contributed by atoms with Crippen LogP contribution in [-0.2, 0) is 0 Å². The third kappa shape index (κ3) is 1.52. The molecule has 0 saturated carbocycles. The lowest BCUT2D eigenvalue weighted by atomic mass is 10.1. The smallest absolute Gasteiger partial charge is 0.220 e. The zero-order valence-corrected chi connectivity index (χ0v) is 8.41. The fraction of sp³-hybridized carbons (Fsp3) is 0.200. The quantitative estimate of drug-likeness (QED) is 0.665. The van der Waals surface area contributed by atoms with Gasteiger partial charge in [-0.05, 0) is 25.5 Å². The minimum Gasteiger partial charge on any atom is -0.368 e. The van der Waals surface area contributed by atoms with Crippen molar-refractivity contribution in [3.63, 3.8) is 0 Å². The van der Waals surface area contributed by atoms with Crippen LogP contribution in [0.5, 0.6) is 0 Å². The molecule has 0 radical (unpaired) electrons. The Kier molecular flexibility index (Phi) is 2.67. The van der Waals surface area contributed by atoms with Gasteiger partial charge in [-0.25, -0.2) is 9.97 Å². The lowest BCUT2D eigenvalue weighted by Gasteiger charge is -2.04. The predicted molar refractivity (Wildman–Crippen MR) is 58.4 cm³/mol. The summed E-state index contributed by atoms with van der Waals surface area (Å²) in [7, 11) is 0. The minimum absolute atomic E-state index is 0. The number of nitrogens with two attached hydrogens (primary N) is 1. The molecule has 4 heteroatoms. The molecule has 0 bridgehead atoms. The van der Waals surface area contributed by atoms with Gasteiger partial charge in [0.05, 0.1) is 11.2 Å². The summed E-state index contributed by atoms with van der Waals surface area (Å²) in [6, 6.07) is 5.98. The van der Waals surface area contributed by atoms with Crippen molar-refractivity contribution >= 4 is 16.9 Å². The zero-order valence-electron chi connectivity index (χ0n) is 8.41. The minimum atomic E-state index is 0. The van der Waals surface area contributed by atoms with Crippen LogP contribution in [-0.4, -0.2) is 9.97 Å². The van der Waals surface area contributed by atoms with E-state index in [1.807, 2.05) is 19.1 Å². The van der Waals surface area contributed by atoms with Gasteiger partial charge in [0.2, 0.25) is 5.95 Å². The molecule has 1 aromatic heterocycles. The fourth-order valence-electron chi connectivity index (χ4n) is 1.59. The Bertz CT molecular complexity index is 465. The van der Waals surface area contributed by atoms with E-state index in [1.54, 1.807) is 0 Å². The summed E-state index contributed by atoms with van der Waals surface area (Å²) in [5.41, 5.74) is 8.61. The molecule has 0 fully saturated rings. The largest absolute Gasteiger partial charge is 0.368 e. The number of benzene rings is 1. The van der Waals surface area contributed by atoms with Crippen LogP contribution >= 0.6 is 0 Å². The van der Waals surface area contributed by atoms with Gasteiger partial charge < -0.3 is 11.9 Å². The molecule has 0 aliphatic heterocycles. The second-order valence-corrected chi connectivity index (χ2v) is 3.14. The van der Waals surface area contributed by atoms with Gasteiger partial charge in [0, 0.05) is 5.39 Å². The maximum Gasteiger partial charge on any atom is 0.220 e. The highest BCUT2D eigenvalue weighted by Gasteiger charge is 2.03. The average Bonchev–Trinajstić information content (AvgIpc) is 2.02. The second-order valence-electron chi connectivity index (χ2n) is 3.14. The molecule has 2 rings (SSSR count). The number of aryl methyl sites for hydroxylation is 2. The van der Waals surface area contributed by atoms with E-state index in [4.69, 9.17) is 5.73 Å². The zero-order chi connectivity index (χ0) is 9.42. The van der Waals surface area contributed by atoms with E-state index < -0.39 is 0 Å². The van der Waals surface area contributed by atoms with Gasteiger partial charge in [0.25, 0.3) is 0 Å². The van der Waals surface area contributed by atoms with Crippen molar-refractivity contribution in [3.8, 4) is 0 Å². The van der Waals surface area contributed by atoms with Crippen LogP contribution in [0.25, 0.3) is 10.9 Å². The molecular formula is C10H14N4. The summed E-state index contributed by atoms with van der Waals surface area (Å²) >= 11 is 0. The number of rotatable bonds is 0. The van der Waals surface area contributed by atoms with Gasteiger partial charge in [0.1, 0.15) is 0 Å². The first-order valence-electron chi connectivity index (χ1n) is 4.18. The summed E-state index contributed by atoms with van der Waals surface area (Å²) in [6.07, 6.45) is 0. The molecule has 1 aromatic carbocycles. The van der Waals surface area contributed by atoms with Crippen LogP contribution in [0.3, 0.4) is 0 Å². The van der Waals surface area contributed by atoms with E-state index in [0.29, 0.717) is 5.95 Å². The van der Waals surface area contributed by atoms with Gasteiger partial charge in [-0.2, -0.15) is 0 Å². The van der Waals surface area contributed by atoms with Crippen LogP contribution in [0.2, 0.25) is 0 Å². The van der Waals surface area contributed by atoms with Crippen molar-refractivity contribution in [3.05, 3.63) is 29.5 Å². The molecule has 0 aliphatic rings. The van der Waals surface area contributed by atoms with Crippen LogP contribution in [0.15, 0.2) is 18.2 Å². The number of nitrogen functional groups attached to an aromatic ring is 1.